The van der Waals surface area contributed by atoms with E-state index in [1.807, 2.05) is 6.92 Å². The minimum Gasteiger partial charge on any atom is -0.478 e. The summed E-state index contributed by atoms with van der Waals surface area (Å²) in [5, 5.41) is 7.89. The molecule has 0 bridgehead atoms. The molecule has 1 rings (SSSR count). The van der Waals surface area contributed by atoms with Crippen molar-refractivity contribution >= 4 is 16.1 Å². The van der Waals surface area contributed by atoms with E-state index in [1.54, 1.807) is 12.1 Å². The number of carboxylic acid groups (broad SMARTS) is 1. The minimum absolute atomic E-state index is 0.0666. The fraction of sp³-hybridized carbons (Fsp3) is 0.182. The largest absolute Gasteiger partial charge is 0.478 e. The molecule has 1 aromatic rings. The summed E-state index contributed by atoms with van der Waals surface area (Å²) in [6.45, 7) is 6.44. The van der Waals surface area contributed by atoms with Crippen LogP contribution in [0.1, 0.15) is 12.5 Å². The SMILES string of the molecule is C=C(C)C(=O)O.Cc1ccc(S(=O)(=O)O)cc1. The van der Waals surface area contributed by atoms with Crippen molar-refractivity contribution in [3.05, 3.63) is 42.0 Å². The van der Waals surface area contributed by atoms with E-state index in [-0.39, 0.29) is 10.5 Å². The van der Waals surface area contributed by atoms with Crippen molar-refractivity contribution in [3.63, 3.8) is 0 Å². The maximum absolute atomic E-state index is 10.5. The van der Waals surface area contributed by atoms with Crippen LogP contribution in [0.15, 0.2) is 41.3 Å². The second-order valence-electron chi connectivity index (χ2n) is 3.37. The molecule has 0 radical (unpaired) electrons. The van der Waals surface area contributed by atoms with Crippen LogP contribution in [0.3, 0.4) is 0 Å². The first-order valence-corrected chi connectivity index (χ1v) is 6.01. The van der Waals surface area contributed by atoms with Crippen molar-refractivity contribution in [2.24, 2.45) is 0 Å². The van der Waals surface area contributed by atoms with Crippen molar-refractivity contribution in [2.75, 3.05) is 0 Å². The molecule has 5 nitrogen and oxygen atoms in total. The van der Waals surface area contributed by atoms with Crippen LogP contribution in [-0.2, 0) is 14.9 Å². The van der Waals surface area contributed by atoms with Gasteiger partial charge in [0.1, 0.15) is 0 Å². The molecular formula is C11H14O5S. The van der Waals surface area contributed by atoms with E-state index in [9.17, 15) is 13.2 Å². The Morgan fingerprint density at radius 2 is 1.59 bits per heavy atom. The van der Waals surface area contributed by atoms with Crippen LogP contribution in [0.4, 0.5) is 0 Å². The molecule has 0 atom stereocenters. The van der Waals surface area contributed by atoms with Gasteiger partial charge in [-0.1, -0.05) is 24.3 Å². The molecule has 0 aromatic heterocycles. The van der Waals surface area contributed by atoms with Gasteiger partial charge in [-0.2, -0.15) is 8.42 Å². The van der Waals surface area contributed by atoms with Crippen LogP contribution < -0.4 is 0 Å². The van der Waals surface area contributed by atoms with Gasteiger partial charge >= 0.3 is 5.97 Å². The third-order valence-corrected chi connectivity index (χ3v) is 2.55. The van der Waals surface area contributed by atoms with Crippen molar-refractivity contribution in [3.8, 4) is 0 Å². The summed E-state index contributed by atoms with van der Waals surface area (Å²) in [6, 6.07) is 5.99. The molecule has 17 heavy (non-hydrogen) atoms. The van der Waals surface area contributed by atoms with E-state index < -0.39 is 16.1 Å². The quantitative estimate of drug-likeness (QED) is 0.624. The van der Waals surface area contributed by atoms with Crippen LogP contribution in [0.2, 0.25) is 0 Å². The Bertz CT molecular complexity index is 487. The molecule has 6 heteroatoms. The fourth-order valence-electron chi connectivity index (χ4n) is 0.710. The Hall–Kier alpha value is -1.66. The van der Waals surface area contributed by atoms with E-state index >= 15 is 0 Å². The molecule has 94 valence electrons. The number of aryl methyl sites for hydroxylation is 1. The lowest BCUT2D eigenvalue weighted by Crippen LogP contribution is -1.96. The summed E-state index contributed by atoms with van der Waals surface area (Å²) in [5.74, 6) is -0.935. The van der Waals surface area contributed by atoms with Gasteiger partial charge < -0.3 is 5.11 Å². The number of benzene rings is 1. The second kappa shape index (κ2) is 6.17. The van der Waals surface area contributed by atoms with Crippen LogP contribution in [0.25, 0.3) is 0 Å². The van der Waals surface area contributed by atoms with Crippen molar-refractivity contribution in [1.29, 1.82) is 0 Å². The molecule has 0 unspecified atom stereocenters. The number of hydrogen-bond acceptors (Lipinski definition) is 3. The number of carboxylic acids is 1. The Morgan fingerprint density at radius 3 is 1.82 bits per heavy atom. The maximum Gasteiger partial charge on any atom is 0.330 e. The van der Waals surface area contributed by atoms with E-state index in [0.717, 1.165) is 5.56 Å². The molecule has 0 aliphatic carbocycles. The summed E-state index contributed by atoms with van der Waals surface area (Å²) in [6.07, 6.45) is 0. The highest BCUT2D eigenvalue weighted by molar-refractivity contribution is 7.85. The van der Waals surface area contributed by atoms with Crippen LogP contribution in [0, 0.1) is 6.92 Å². The Morgan fingerprint density at radius 1 is 1.24 bits per heavy atom. The lowest BCUT2D eigenvalue weighted by atomic mass is 10.2. The predicted molar refractivity (Wildman–Crippen MR) is 63.4 cm³/mol. The van der Waals surface area contributed by atoms with E-state index in [1.165, 1.54) is 19.1 Å². The Labute approximate surface area is 100 Å². The summed E-state index contributed by atoms with van der Waals surface area (Å²) in [5.41, 5.74) is 1.13. The first-order valence-electron chi connectivity index (χ1n) is 4.57. The van der Waals surface area contributed by atoms with Gasteiger partial charge in [-0.05, 0) is 26.0 Å². The summed E-state index contributed by atoms with van der Waals surface area (Å²) in [4.78, 5) is 9.53. The highest BCUT2D eigenvalue weighted by Crippen LogP contribution is 2.08. The molecule has 0 spiro atoms. The molecule has 0 heterocycles. The number of hydrogen-bond donors (Lipinski definition) is 2. The van der Waals surface area contributed by atoms with Crippen LogP contribution in [0.5, 0.6) is 0 Å². The van der Waals surface area contributed by atoms with E-state index in [4.69, 9.17) is 9.66 Å². The summed E-state index contributed by atoms with van der Waals surface area (Å²) < 4.78 is 29.6. The van der Waals surface area contributed by atoms with Gasteiger partial charge in [0, 0.05) is 5.57 Å². The van der Waals surface area contributed by atoms with Crippen molar-refractivity contribution < 1.29 is 22.9 Å². The predicted octanol–water partition coefficient (Wildman–Crippen LogP) is 1.89. The molecule has 0 fully saturated rings. The van der Waals surface area contributed by atoms with Crippen LogP contribution >= 0.6 is 0 Å². The minimum atomic E-state index is -4.02. The average Bonchev–Trinajstić information content (AvgIpc) is 2.17. The van der Waals surface area contributed by atoms with Crippen molar-refractivity contribution in [2.45, 2.75) is 18.7 Å². The highest BCUT2D eigenvalue weighted by atomic mass is 32.2. The normalized spacial score (nSPS) is 10.1. The average molecular weight is 258 g/mol. The lowest BCUT2D eigenvalue weighted by Gasteiger charge is -1.95. The molecule has 0 saturated carbocycles. The lowest BCUT2D eigenvalue weighted by molar-refractivity contribution is -0.132. The van der Waals surface area contributed by atoms with Gasteiger partial charge in [-0.3, -0.25) is 4.55 Å². The molecule has 0 aliphatic rings. The van der Waals surface area contributed by atoms with Crippen molar-refractivity contribution in [1.82, 2.24) is 0 Å². The zero-order valence-corrected chi connectivity index (χ0v) is 10.4. The topological polar surface area (TPSA) is 91.7 Å². The Kier molecular flexibility index (Phi) is 5.57. The molecular weight excluding hydrogens is 244 g/mol. The monoisotopic (exact) mass is 258 g/mol. The standard InChI is InChI=1S/C7H8O3S.C4H6O2/c1-6-2-4-7(5-3-6)11(8,9)10;1-3(2)4(5)6/h2-5H,1H3,(H,8,9,10);1H2,2H3,(H,5,6). The summed E-state index contributed by atoms with van der Waals surface area (Å²) in [7, 11) is -4.02. The third-order valence-electron chi connectivity index (χ3n) is 1.68. The first-order chi connectivity index (χ1) is 7.64. The van der Waals surface area contributed by atoms with Crippen LogP contribution in [-0.4, -0.2) is 24.0 Å². The first kappa shape index (κ1) is 15.3. The maximum atomic E-state index is 10.5. The molecule has 2 N–H and O–H groups in total. The smallest absolute Gasteiger partial charge is 0.330 e. The molecule has 0 amide bonds. The van der Waals surface area contributed by atoms with Gasteiger partial charge in [0.2, 0.25) is 0 Å². The number of aliphatic carboxylic acids is 1. The zero-order valence-electron chi connectivity index (χ0n) is 9.54. The third kappa shape index (κ3) is 6.49. The Balaban J connectivity index is 0.000000366. The van der Waals surface area contributed by atoms with Gasteiger partial charge in [0.05, 0.1) is 4.90 Å². The summed E-state index contributed by atoms with van der Waals surface area (Å²) >= 11 is 0. The van der Waals surface area contributed by atoms with Gasteiger partial charge in [-0.15, -0.1) is 0 Å². The molecule has 1 aromatic carbocycles. The van der Waals surface area contributed by atoms with Gasteiger partial charge in [0.15, 0.2) is 0 Å². The van der Waals surface area contributed by atoms with Gasteiger partial charge in [-0.25, -0.2) is 4.79 Å². The fourth-order valence-corrected chi connectivity index (χ4v) is 1.19. The molecule has 0 aliphatic heterocycles. The van der Waals surface area contributed by atoms with E-state index in [0.29, 0.717) is 0 Å². The second-order valence-corrected chi connectivity index (χ2v) is 4.80. The highest BCUT2D eigenvalue weighted by Gasteiger charge is 2.06. The number of rotatable bonds is 2. The zero-order chi connectivity index (χ0) is 13.6. The molecule has 0 saturated heterocycles. The van der Waals surface area contributed by atoms with E-state index in [2.05, 4.69) is 6.58 Å². The number of carbonyl (C=O) groups is 1. The van der Waals surface area contributed by atoms with Gasteiger partial charge in [0.25, 0.3) is 10.1 Å².